The zero-order valence-electron chi connectivity index (χ0n) is 7.34. The van der Waals surface area contributed by atoms with Crippen molar-refractivity contribution >= 4 is 28.6 Å². The second-order valence-electron chi connectivity index (χ2n) is 2.87. The van der Waals surface area contributed by atoms with Crippen LogP contribution in [-0.4, -0.2) is 6.10 Å². The molecule has 1 aromatic carbocycles. The number of halogens is 2. The first kappa shape index (κ1) is 10.9. The van der Waals surface area contributed by atoms with E-state index in [1.807, 2.05) is 13.8 Å². The van der Waals surface area contributed by atoms with Crippen LogP contribution in [0.5, 0.6) is 5.75 Å². The first-order chi connectivity index (χ1) is 6.02. The number of thiol groups is 1. The highest BCUT2D eigenvalue weighted by Gasteiger charge is 2.10. The lowest BCUT2D eigenvalue weighted by atomic mass is 10.3. The van der Waals surface area contributed by atoms with Crippen molar-refractivity contribution in [2.24, 2.45) is 0 Å². The van der Waals surface area contributed by atoms with Gasteiger partial charge in [0.2, 0.25) is 0 Å². The quantitative estimate of drug-likeness (QED) is 0.803. The van der Waals surface area contributed by atoms with E-state index in [4.69, 9.17) is 4.74 Å². The summed E-state index contributed by atoms with van der Waals surface area (Å²) in [4.78, 5) is 0.276. The van der Waals surface area contributed by atoms with Gasteiger partial charge in [-0.2, -0.15) is 0 Å². The minimum Gasteiger partial charge on any atom is -0.488 e. The fourth-order valence-electron chi connectivity index (χ4n) is 0.867. The van der Waals surface area contributed by atoms with Gasteiger partial charge >= 0.3 is 0 Å². The maximum Gasteiger partial charge on any atom is 0.179 e. The third-order valence-electron chi connectivity index (χ3n) is 1.39. The lowest BCUT2D eigenvalue weighted by Crippen LogP contribution is -2.07. The zero-order valence-corrected chi connectivity index (χ0v) is 9.82. The van der Waals surface area contributed by atoms with Gasteiger partial charge in [-0.25, -0.2) is 4.39 Å². The van der Waals surface area contributed by atoms with E-state index in [9.17, 15) is 4.39 Å². The Kier molecular flexibility index (Phi) is 3.62. The van der Waals surface area contributed by atoms with Crippen LogP contribution >= 0.6 is 28.6 Å². The molecule has 0 aliphatic carbocycles. The van der Waals surface area contributed by atoms with Crippen molar-refractivity contribution in [1.82, 2.24) is 0 Å². The smallest absolute Gasteiger partial charge is 0.179 e. The lowest BCUT2D eigenvalue weighted by molar-refractivity contribution is 0.229. The predicted molar refractivity (Wildman–Crippen MR) is 57.1 cm³/mol. The van der Waals surface area contributed by atoms with E-state index < -0.39 is 5.82 Å². The van der Waals surface area contributed by atoms with Gasteiger partial charge in [-0.15, -0.1) is 12.6 Å². The first-order valence-electron chi connectivity index (χ1n) is 3.86. The highest BCUT2D eigenvalue weighted by atomic mass is 79.9. The van der Waals surface area contributed by atoms with Gasteiger partial charge in [-0.1, -0.05) is 0 Å². The Hall–Kier alpha value is -0.220. The molecule has 13 heavy (non-hydrogen) atoms. The van der Waals surface area contributed by atoms with Crippen LogP contribution in [0, 0.1) is 5.82 Å². The summed E-state index contributed by atoms with van der Waals surface area (Å²) in [5.74, 6) is -0.186. The second-order valence-corrected chi connectivity index (χ2v) is 4.18. The van der Waals surface area contributed by atoms with Gasteiger partial charge in [0, 0.05) is 4.47 Å². The average Bonchev–Trinajstić information content (AvgIpc) is 2.06. The Labute approximate surface area is 90.8 Å². The summed E-state index contributed by atoms with van der Waals surface area (Å²) in [7, 11) is 0. The van der Waals surface area contributed by atoms with E-state index in [2.05, 4.69) is 28.6 Å². The molecule has 4 heteroatoms. The Bertz CT molecular complexity index is 315. The molecule has 72 valence electrons. The van der Waals surface area contributed by atoms with E-state index in [0.717, 1.165) is 0 Å². The van der Waals surface area contributed by atoms with E-state index in [1.165, 1.54) is 0 Å². The molecular weight excluding hydrogens is 255 g/mol. The number of benzene rings is 1. The number of rotatable bonds is 2. The van der Waals surface area contributed by atoms with Gasteiger partial charge in [-0.3, -0.25) is 0 Å². The number of ether oxygens (including phenoxy) is 1. The van der Waals surface area contributed by atoms with E-state index >= 15 is 0 Å². The molecule has 0 saturated carbocycles. The zero-order chi connectivity index (χ0) is 10.0. The summed E-state index contributed by atoms with van der Waals surface area (Å²) < 4.78 is 19.3. The van der Waals surface area contributed by atoms with Crippen LogP contribution in [0.3, 0.4) is 0 Å². The topological polar surface area (TPSA) is 9.23 Å². The molecule has 1 aromatic rings. The Morgan fingerprint density at radius 1 is 1.46 bits per heavy atom. The normalized spacial score (nSPS) is 10.6. The van der Waals surface area contributed by atoms with E-state index in [0.29, 0.717) is 4.47 Å². The molecule has 0 amide bonds. The Morgan fingerprint density at radius 3 is 2.62 bits per heavy atom. The van der Waals surface area contributed by atoms with Crippen LogP contribution in [0.4, 0.5) is 4.39 Å². The molecule has 0 saturated heterocycles. The molecule has 0 heterocycles. The van der Waals surface area contributed by atoms with Crippen molar-refractivity contribution in [2.45, 2.75) is 24.8 Å². The van der Waals surface area contributed by atoms with Crippen molar-refractivity contribution in [1.29, 1.82) is 0 Å². The maximum atomic E-state index is 13.4. The van der Waals surface area contributed by atoms with E-state index in [-0.39, 0.29) is 16.7 Å². The van der Waals surface area contributed by atoms with Gasteiger partial charge in [-0.05, 0) is 41.9 Å². The lowest BCUT2D eigenvalue weighted by Gasteiger charge is -2.11. The second kappa shape index (κ2) is 4.33. The van der Waals surface area contributed by atoms with Crippen molar-refractivity contribution < 1.29 is 9.13 Å². The third-order valence-corrected chi connectivity index (χ3v) is 2.80. The van der Waals surface area contributed by atoms with E-state index in [1.54, 1.807) is 12.1 Å². The van der Waals surface area contributed by atoms with Crippen LogP contribution in [0.25, 0.3) is 0 Å². The minimum absolute atomic E-state index is 0.0385. The van der Waals surface area contributed by atoms with Gasteiger partial charge in [0.05, 0.1) is 11.0 Å². The molecular formula is C9H10BrFOS. The number of hydrogen-bond acceptors (Lipinski definition) is 2. The standard InChI is InChI=1S/C9H10BrFOS/c1-5(2)12-7-4-3-6(10)9(13)8(7)11/h3-5,13H,1-2H3. The van der Waals surface area contributed by atoms with Gasteiger partial charge < -0.3 is 4.74 Å². The van der Waals surface area contributed by atoms with Crippen molar-refractivity contribution in [3.63, 3.8) is 0 Å². The van der Waals surface area contributed by atoms with Crippen LogP contribution in [0.2, 0.25) is 0 Å². The summed E-state index contributed by atoms with van der Waals surface area (Å²) in [6, 6.07) is 3.29. The van der Waals surface area contributed by atoms with Gasteiger partial charge in [0.25, 0.3) is 0 Å². The van der Waals surface area contributed by atoms with Crippen molar-refractivity contribution in [2.75, 3.05) is 0 Å². The molecule has 0 radical (unpaired) electrons. The summed E-state index contributed by atoms with van der Waals surface area (Å²) >= 11 is 7.18. The molecule has 0 spiro atoms. The molecule has 0 aliphatic heterocycles. The maximum absolute atomic E-state index is 13.4. The largest absolute Gasteiger partial charge is 0.488 e. The molecule has 0 aromatic heterocycles. The van der Waals surface area contributed by atoms with Crippen molar-refractivity contribution in [3.05, 3.63) is 22.4 Å². The monoisotopic (exact) mass is 264 g/mol. The fraction of sp³-hybridized carbons (Fsp3) is 0.333. The minimum atomic E-state index is -0.425. The van der Waals surface area contributed by atoms with Crippen LogP contribution < -0.4 is 4.74 Å². The molecule has 0 N–H and O–H groups in total. The van der Waals surface area contributed by atoms with Crippen LogP contribution in [0.1, 0.15) is 13.8 Å². The molecule has 0 atom stereocenters. The third kappa shape index (κ3) is 2.61. The highest BCUT2D eigenvalue weighted by Crippen LogP contribution is 2.30. The number of hydrogen-bond donors (Lipinski definition) is 1. The van der Waals surface area contributed by atoms with Gasteiger partial charge in [0.15, 0.2) is 11.6 Å². The van der Waals surface area contributed by atoms with Gasteiger partial charge in [0.1, 0.15) is 0 Å². The van der Waals surface area contributed by atoms with Crippen LogP contribution in [0.15, 0.2) is 21.5 Å². The molecule has 0 fully saturated rings. The summed E-state index contributed by atoms with van der Waals surface area (Å²) in [6.07, 6.45) is -0.0385. The molecule has 0 unspecified atom stereocenters. The summed E-state index contributed by atoms with van der Waals surface area (Å²) in [6.45, 7) is 3.69. The Balaban J connectivity index is 3.04. The predicted octanol–water partition coefficient (Wildman–Crippen LogP) is 3.66. The molecule has 0 aliphatic rings. The highest BCUT2D eigenvalue weighted by molar-refractivity contribution is 9.10. The molecule has 0 bridgehead atoms. The SMILES string of the molecule is CC(C)Oc1ccc(Br)c(S)c1F. The molecule has 1 nitrogen and oxygen atoms in total. The summed E-state index contributed by atoms with van der Waals surface area (Å²) in [5.41, 5.74) is 0. The summed E-state index contributed by atoms with van der Waals surface area (Å²) in [5, 5.41) is 0. The van der Waals surface area contributed by atoms with Crippen molar-refractivity contribution in [3.8, 4) is 5.75 Å². The first-order valence-corrected chi connectivity index (χ1v) is 5.10. The van der Waals surface area contributed by atoms with Crippen LogP contribution in [-0.2, 0) is 0 Å². The average molecular weight is 265 g/mol. The Morgan fingerprint density at radius 2 is 2.08 bits per heavy atom. The molecule has 1 rings (SSSR count). The fourth-order valence-corrected chi connectivity index (χ4v) is 1.36.